The van der Waals surface area contributed by atoms with E-state index in [1.165, 1.54) is 11.3 Å². The molecule has 0 radical (unpaired) electrons. The average Bonchev–Trinajstić information content (AvgIpc) is 3.42. The quantitative estimate of drug-likeness (QED) is 0.465. The smallest absolute Gasteiger partial charge is 0.265 e. The van der Waals surface area contributed by atoms with Crippen molar-refractivity contribution in [2.45, 2.75) is 0 Å². The Morgan fingerprint density at radius 2 is 1.64 bits per heavy atom. The Balaban J connectivity index is 1.48. The minimum absolute atomic E-state index is 0.195. The van der Waals surface area contributed by atoms with E-state index in [9.17, 15) is 9.59 Å². The Morgan fingerprint density at radius 1 is 0.857 bits per heavy atom. The molecule has 0 aliphatic carbocycles. The summed E-state index contributed by atoms with van der Waals surface area (Å²) in [5.41, 5.74) is 3.49. The number of thiophene rings is 1. The van der Waals surface area contributed by atoms with Gasteiger partial charge in [0.1, 0.15) is 0 Å². The van der Waals surface area contributed by atoms with E-state index in [1.54, 1.807) is 36.5 Å². The normalized spacial score (nSPS) is 10.4. The Morgan fingerprint density at radius 3 is 2.39 bits per heavy atom. The number of aromatic nitrogens is 2. The van der Waals surface area contributed by atoms with E-state index < -0.39 is 0 Å². The third-order valence-corrected chi connectivity index (χ3v) is 4.93. The molecule has 2 amide bonds. The first-order valence-corrected chi connectivity index (χ1v) is 9.43. The fourth-order valence-corrected chi connectivity index (χ4v) is 3.34. The number of hydrogen-bond donors (Lipinski definition) is 3. The zero-order valence-corrected chi connectivity index (χ0v) is 15.5. The van der Waals surface area contributed by atoms with Crippen LogP contribution in [0.3, 0.4) is 0 Å². The lowest BCUT2D eigenvalue weighted by atomic mass is 10.1. The van der Waals surface area contributed by atoms with E-state index in [2.05, 4.69) is 20.8 Å². The molecular formula is C21H16N4O2S. The molecular weight excluding hydrogens is 372 g/mol. The van der Waals surface area contributed by atoms with Gasteiger partial charge in [0.2, 0.25) is 0 Å². The summed E-state index contributed by atoms with van der Waals surface area (Å²) in [7, 11) is 0. The molecule has 0 saturated heterocycles. The molecule has 28 heavy (non-hydrogen) atoms. The zero-order chi connectivity index (χ0) is 19.3. The SMILES string of the molecule is O=C(Nc1cccc(-c2ccn[nH]2)c1)c1cccc(NC(=O)c2cccs2)c1. The van der Waals surface area contributed by atoms with Crippen molar-refractivity contribution < 1.29 is 9.59 Å². The first kappa shape index (κ1) is 17.7. The fourth-order valence-electron chi connectivity index (χ4n) is 2.72. The first-order valence-electron chi connectivity index (χ1n) is 8.55. The minimum Gasteiger partial charge on any atom is -0.322 e. The highest BCUT2D eigenvalue weighted by Crippen LogP contribution is 2.21. The predicted octanol–water partition coefficient (Wildman–Crippen LogP) is 4.64. The topological polar surface area (TPSA) is 86.9 Å². The molecule has 6 nitrogen and oxygen atoms in total. The van der Waals surface area contributed by atoms with Crippen LogP contribution in [-0.2, 0) is 0 Å². The lowest BCUT2D eigenvalue weighted by Gasteiger charge is -2.09. The largest absolute Gasteiger partial charge is 0.322 e. The van der Waals surface area contributed by atoms with Crippen LogP contribution < -0.4 is 10.6 Å². The number of amides is 2. The predicted molar refractivity (Wildman–Crippen MR) is 111 cm³/mol. The average molecular weight is 388 g/mol. The van der Waals surface area contributed by atoms with Gasteiger partial charge in [-0.2, -0.15) is 5.10 Å². The molecule has 0 bridgehead atoms. The van der Waals surface area contributed by atoms with Crippen LogP contribution in [0, 0.1) is 0 Å². The number of aromatic amines is 1. The second-order valence-corrected chi connectivity index (χ2v) is 6.97. The number of anilines is 2. The van der Waals surface area contributed by atoms with Gasteiger partial charge in [-0.15, -0.1) is 11.3 Å². The molecule has 0 atom stereocenters. The van der Waals surface area contributed by atoms with Crippen LogP contribution in [0.15, 0.2) is 78.3 Å². The summed E-state index contributed by atoms with van der Waals surface area (Å²) >= 11 is 1.36. The summed E-state index contributed by atoms with van der Waals surface area (Å²) in [6.45, 7) is 0. The van der Waals surface area contributed by atoms with Crippen molar-refractivity contribution in [1.82, 2.24) is 10.2 Å². The number of hydrogen-bond acceptors (Lipinski definition) is 4. The number of benzene rings is 2. The van der Waals surface area contributed by atoms with Crippen LogP contribution in [-0.4, -0.2) is 22.0 Å². The molecule has 0 aliphatic heterocycles. The molecule has 2 aromatic carbocycles. The van der Waals surface area contributed by atoms with Gasteiger partial charge in [-0.25, -0.2) is 0 Å². The van der Waals surface area contributed by atoms with Crippen LogP contribution in [0.5, 0.6) is 0 Å². The van der Waals surface area contributed by atoms with Gasteiger partial charge in [-0.05, 0) is 47.8 Å². The third-order valence-electron chi connectivity index (χ3n) is 4.06. The highest BCUT2D eigenvalue weighted by molar-refractivity contribution is 7.12. The summed E-state index contributed by atoms with van der Waals surface area (Å²) in [6, 6.07) is 19.8. The zero-order valence-electron chi connectivity index (χ0n) is 14.7. The second-order valence-electron chi connectivity index (χ2n) is 6.02. The second kappa shape index (κ2) is 7.89. The van der Waals surface area contributed by atoms with Crippen molar-refractivity contribution >= 4 is 34.5 Å². The fraction of sp³-hybridized carbons (Fsp3) is 0. The van der Waals surface area contributed by atoms with Crippen molar-refractivity contribution in [3.63, 3.8) is 0 Å². The molecule has 0 unspecified atom stereocenters. The number of carbonyl (C=O) groups is 2. The molecule has 4 aromatic rings. The molecule has 0 fully saturated rings. The van der Waals surface area contributed by atoms with Crippen molar-refractivity contribution in [2.75, 3.05) is 10.6 Å². The van der Waals surface area contributed by atoms with Gasteiger partial charge in [0.05, 0.1) is 10.6 Å². The Bertz CT molecular complexity index is 1110. The van der Waals surface area contributed by atoms with Gasteiger partial charge in [0, 0.05) is 28.7 Å². The van der Waals surface area contributed by atoms with E-state index in [1.807, 2.05) is 41.8 Å². The van der Waals surface area contributed by atoms with E-state index in [0.717, 1.165) is 11.3 Å². The van der Waals surface area contributed by atoms with Crippen molar-refractivity contribution in [1.29, 1.82) is 0 Å². The monoisotopic (exact) mass is 388 g/mol. The maximum atomic E-state index is 12.6. The van der Waals surface area contributed by atoms with E-state index in [-0.39, 0.29) is 11.8 Å². The van der Waals surface area contributed by atoms with Gasteiger partial charge in [-0.1, -0.05) is 24.3 Å². The number of carbonyl (C=O) groups excluding carboxylic acids is 2. The number of nitrogens with zero attached hydrogens (tertiary/aromatic N) is 1. The number of H-pyrrole nitrogens is 1. The lowest BCUT2D eigenvalue weighted by molar-refractivity contribution is 0.101. The molecule has 0 saturated carbocycles. The van der Waals surface area contributed by atoms with E-state index in [0.29, 0.717) is 21.8 Å². The summed E-state index contributed by atoms with van der Waals surface area (Å²) in [5.74, 6) is -0.450. The summed E-state index contributed by atoms with van der Waals surface area (Å²) in [4.78, 5) is 25.4. The van der Waals surface area contributed by atoms with Gasteiger partial charge in [-0.3, -0.25) is 14.7 Å². The highest BCUT2D eigenvalue weighted by atomic mass is 32.1. The Kier molecular flexibility index (Phi) is 4.99. The summed E-state index contributed by atoms with van der Waals surface area (Å²) in [5, 5.41) is 14.4. The van der Waals surface area contributed by atoms with Gasteiger partial charge >= 0.3 is 0 Å². The Labute approximate surface area is 165 Å². The maximum Gasteiger partial charge on any atom is 0.265 e. The van der Waals surface area contributed by atoms with Gasteiger partial charge in [0.15, 0.2) is 0 Å². The van der Waals surface area contributed by atoms with Crippen molar-refractivity contribution in [3.8, 4) is 11.3 Å². The van der Waals surface area contributed by atoms with Gasteiger partial charge in [0.25, 0.3) is 11.8 Å². The van der Waals surface area contributed by atoms with E-state index in [4.69, 9.17) is 0 Å². The minimum atomic E-state index is -0.256. The standard InChI is InChI=1S/C21H16N4O2S/c26-20(23-16-6-1-4-14(12-16)18-9-10-22-25-18)15-5-2-7-17(13-15)24-21(27)19-8-3-11-28-19/h1-13H,(H,22,25)(H,23,26)(H,24,27). The van der Waals surface area contributed by atoms with Crippen LogP contribution in [0.1, 0.15) is 20.0 Å². The summed E-state index contributed by atoms with van der Waals surface area (Å²) in [6.07, 6.45) is 1.68. The van der Waals surface area contributed by atoms with Gasteiger partial charge < -0.3 is 10.6 Å². The molecule has 138 valence electrons. The van der Waals surface area contributed by atoms with E-state index >= 15 is 0 Å². The molecule has 0 spiro atoms. The Hall–Kier alpha value is -3.71. The lowest BCUT2D eigenvalue weighted by Crippen LogP contribution is -2.14. The maximum absolute atomic E-state index is 12.6. The molecule has 3 N–H and O–H groups in total. The number of nitrogens with one attached hydrogen (secondary N) is 3. The molecule has 4 rings (SSSR count). The summed E-state index contributed by atoms with van der Waals surface area (Å²) < 4.78 is 0. The van der Waals surface area contributed by atoms with Crippen molar-refractivity contribution in [2.24, 2.45) is 0 Å². The van der Waals surface area contributed by atoms with Crippen LogP contribution in [0.4, 0.5) is 11.4 Å². The molecule has 2 heterocycles. The van der Waals surface area contributed by atoms with Crippen molar-refractivity contribution in [3.05, 3.63) is 88.7 Å². The van der Waals surface area contributed by atoms with Crippen LogP contribution in [0.2, 0.25) is 0 Å². The number of rotatable bonds is 5. The molecule has 2 aromatic heterocycles. The molecule has 7 heteroatoms. The highest BCUT2D eigenvalue weighted by Gasteiger charge is 2.11. The molecule has 0 aliphatic rings. The van der Waals surface area contributed by atoms with Crippen LogP contribution in [0.25, 0.3) is 11.3 Å². The third kappa shape index (κ3) is 3.99. The first-order chi connectivity index (χ1) is 13.7. The van der Waals surface area contributed by atoms with Crippen LogP contribution >= 0.6 is 11.3 Å².